The fourth-order valence-electron chi connectivity index (χ4n) is 2.56. The summed E-state index contributed by atoms with van der Waals surface area (Å²) < 4.78 is -1.45. The van der Waals surface area contributed by atoms with Gasteiger partial charge in [0.15, 0.2) is 0 Å². The highest BCUT2D eigenvalue weighted by atomic mass is 27.0. The van der Waals surface area contributed by atoms with Crippen molar-refractivity contribution in [3.05, 3.63) is 0 Å². The summed E-state index contributed by atoms with van der Waals surface area (Å²) >= 11 is 0.214. The number of carbonyl (C=O) groups excluding carboxylic acids is 3. The standard InChI is InChI=1S/C16H27O3.Al.2H/c1-14(2,3)11(17)10(12(18)15(4,5)6)13(19)16(7,8)9;;;/h1-9H3;;;. The largest absolute Gasteiger partial charge is 0.299 e. The lowest BCUT2D eigenvalue weighted by Crippen LogP contribution is -2.52. The van der Waals surface area contributed by atoms with Gasteiger partial charge >= 0.3 is 0 Å². The van der Waals surface area contributed by atoms with E-state index in [0.717, 1.165) is 0 Å². The fraction of sp³-hybridized carbons (Fsp3) is 0.812. The maximum absolute atomic E-state index is 12.9. The van der Waals surface area contributed by atoms with Crippen molar-refractivity contribution in [3.63, 3.8) is 0 Å². The van der Waals surface area contributed by atoms with Crippen LogP contribution in [0.15, 0.2) is 0 Å². The van der Waals surface area contributed by atoms with Gasteiger partial charge in [0.2, 0.25) is 0 Å². The Balaban J connectivity index is 6.18. The van der Waals surface area contributed by atoms with Crippen molar-refractivity contribution < 1.29 is 14.4 Å². The summed E-state index contributed by atoms with van der Waals surface area (Å²) in [7, 11) is 0. The Labute approximate surface area is 131 Å². The normalized spacial score (nSPS) is 14.1. The van der Waals surface area contributed by atoms with E-state index in [-0.39, 0.29) is 33.6 Å². The molecule has 0 saturated heterocycles. The molecule has 0 aromatic rings. The lowest BCUT2D eigenvalue weighted by atomic mass is 9.67. The monoisotopic (exact) mass is 296 g/mol. The smallest absolute Gasteiger partial charge is 0.258 e. The van der Waals surface area contributed by atoms with Gasteiger partial charge in [0.25, 0.3) is 16.3 Å². The highest BCUT2D eigenvalue weighted by molar-refractivity contribution is 6.55. The molecule has 0 aromatic carbocycles. The van der Waals surface area contributed by atoms with Crippen molar-refractivity contribution in [1.29, 1.82) is 0 Å². The molecule has 0 aromatic heterocycles. The van der Waals surface area contributed by atoms with Gasteiger partial charge in [-0.3, -0.25) is 14.4 Å². The van der Waals surface area contributed by atoms with E-state index in [9.17, 15) is 14.4 Å². The van der Waals surface area contributed by atoms with Crippen LogP contribution in [0.4, 0.5) is 0 Å². The SMILES string of the molecule is CC(C)(C)C(=O)[C]([AlH2])(C(=O)C(C)(C)C)C(=O)C(C)(C)C. The molecule has 0 saturated carbocycles. The van der Waals surface area contributed by atoms with Gasteiger partial charge < -0.3 is 0 Å². The molecule has 0 aliphatic rings. The fourth-order valence-corrected chi connectivity index (χ4v) is 4.81. The number of carbonyl (C=O) groups is 3. The van der Waals surface area contributed by atoms with Crippen molar-refractivity contribution in [2.24, 2.45) is 16.2 Å². The second kappa shape index (κ2) is 5.39. The van der Waals surface area contributed by atoms with Gasteiger partial charge in [0.1, 0.15) is 17.3 Å². The Bertz CT molecular complexity index is 364. The summed E-state index contributed by atoms with van der Waals surface area (Å²) in [5, 5.41) is 0. The first-order valence-corrected chi connectivity index (χ1v) is 8.11. The minimum Gasteiger partial charge on any atom is -0.299 e. The van der Waals surface area contributed by atoms with Crippen LogP contribution >= 0.6 is 0 Å². The third-order valence-corrected chi connectivity index (χ3v) is 4.77. The van der Waals surface area contributed by atoms with E-state index in [1.807, 2.05) is 0 Å². The quantitative estimate of drug-likeness (QED) is 0.594. The topological polar surface area (TPSA) is 51.2 Å². The van der Waals surface area contributed by atoms with Crippen molar-refractivity contribution in [2.45, 2.75) is 66.6 Å². The van der Waals surface area contributed by atoms with Gasteiger partial charge in [-0.05, 0) is 0 Å². The van der Waals surface area contributed by atoms with Gasteiger partial charge in [-0.2, -0.15) is 0 Å². The van der Waals surface area contributed by atoms with Crippen LogP contribution in [0.2, 0.25) is 4.28 Å². The summed E-state index contributed by atoms with van der Waals surface area (Å²) in [6.07, 6.45) is 0. The number of ketones is 3. The molecule has 0 heterocycles. The molecule has 0 N–H and O–H groups in total. The van der Waals surface area contributed by atoms with Crippen LogP contribution in [0, 0.1) is 16.2 Å². The Kier molecular flexibility index (Phi) is 5.26. The zero-order valence-electron chi connectivity index (χ0n) is 14.7. The first-order chi connectivity index (χ1) is 8.46. The van der Waals surface area contributed by atoms with Crippen LogP contribution in [0.25, 0.3) is 0 Å². The Morgan fingerprint density at radius 3 is 0.800 bits per heavy atom. The van der Waals surface area contributed by atoms with Gasteiger partial charge in [-0.15, -0.1) is 0 Å². The molecule has 0 amide bonds. The maximum Gasteiger partial charge on any atom is 0.258 e. The molecule has 0 aliphatic carbocycles. The van der Waals surface area contributed by atoms with E-state index >= 15 is 0 Å². The molecular weight excluding hydrogens is 267 g/mol. The number of Topliss-reactive ketones (excluding diaryl/α,β-unsaturated/α-hetero) is 3. The van der Waals surface area contributed by atoms with E-state index in [1.165, 1.54) is 0 Å². The summed E-state index contributed by atoms with van der Waals surface area (Å²) in [5.41, 5.74) is -2.11. The molecule has 0 bridgehead atoms. The molecule has 3 nitrogen and oxygen atoms in total. The van der Waals surface area contributed by atoms with Gasteiger partial charge in [-0.25, -0.2) is 0 Å². The lowest BCUT2D eigenvalue weighted by molar-refractivity contribution is -0.148. The van der Waals surface area contributed by atoms with Crippen LogP contribution in [-0.4, -0.2) is 33.6 Å². The third-order valence-electron chi connectivity index (χ3n) is 3.41. The molecule has 0 unspecified atom stereocenters. The predicted octanol–water partition coefficient (Wildman–Crippen LogP) is 2.62. The molecule has 114 valence electrons. The number of hydrogen-bond donors (Lipinski definition) is 0. The Hall–Kier alpha value is -0.458. The molecule has 20 heavy (non-hydrogen) atoms. The van der Waals surface area contributed by atoms with E-state index < -0.39 is 20.5 Å². The van der Waals surface area contributed by atoms with Crippen LogP contribution < -0.4 is 0 Å². The highest BCUT2D eigenvalue weighted by Crippen LogP contribution is 2.44. The van der Waals surface area contributed by atoms with Crippen LogP contribution in [0.3, 0.4) is 0 Å². The van der Waals surface area contributed by atoms with E-state index in [2.05, 4.69) is 0 Å². The number of rotatable bonds is 3. The molecule has 0 atom stereocenters. The molecular formula is C16H29AlO3. The third kappa shape index (κ3) is 3.80. The minimum atomic E-state index is -1.45. The van der Waals surface area contributed by atoms with Gasteiger partial charge in [0.05, 0.1) is 4.28 Å². The Morgan fingerprint density at radius 1 is 0.550 bits per heavy atom. The van der Waals surface area contributed by atoms with Crippen LogP contribution in [0.1, 0.15) is 62.3 Å². The highest BCUT2D eigenvalue weighted by Gasteiger charge is 2.55. The summed E-state index contributed by atoms with van der Waals surface area (Å²) in [5.74, 6) is -0.718. The molecule has 4 heteroatoms. The summed E-state index contributed by atoms with van der Waals surface area (Å²) in [4.78, 5) is 38.6. The zero-order valence-corrected chi connectivity index (χ0v) is 16.7. The van der Waals surface area contributed by atoms with Crippen LogP contribution in [-0.2, 0) is 14.4 Å². The first-order valence-electron chi connectivity index (χ1n) is 7.11. The summed E-state index contributed by atoms with van der Waals surface area (Å²) in [6, 6.07) is 0. The summed E-state index contributed by atoms with van der Waals surface area (Å²) in [6.45, 7) is 15.9. The van der Waals surface area contributed by atoms with Crippen molar-refractivity contribution in [3.8, 4) is 0 Å². The van der Waals surface area contributed by atoms with E-state index in [1.54, 1.807) is 62.3 Å². The number of hydrogen-bond acceptors (Lipinski definition) is 3. The van der Waals surface area contributed by atoms with Crippen LogP contribution in [0.5, 0.6) is 0 Å². The molecule has 0 rings (SSSR count). The predicted molar refractivity (Wildman–Crippen MR) is 84.6 cm³/mol. The Morgan fingerprint density at radius 2 is 0.700 bits per heavy atom. The van der Waals surface area contributed by atoms with Crippen molar-refractivity contribution in [2.75, 3.05) is 0 Å². The average Bonchev–Trinajstić information content (AvgIpc) is 2.21. The first kappa shape index (κ1) is 19.5. The van der Waals surface area contributed by atoms with Gasteiger partial charge in [-0.1, -0.05) is 62.3 Å². The average molecular weight is 296 g/mol. The van der Waals surface area contributed by atoms with Crippen molar-refractivity contribution >= 4 is 33.6 Å². The molecule has 0 fully saturated rings. The molecule has 0 aliphatic heterocycles. The zero-order chi connectivity index (χ0) is 16.7. The van der Waals surface area contributed by atoms with E-state index in [4.69, 9.17) is 0 Å². The minimum absolute atomic E-state index is 0.214. The maximum atomic E-state index is 12.9. The lowest BCUT2D eigenvalue weighted by Gasteiger charge is -2.40. The van der Waals surface area contributed by atoms with Gasteiger partial charge in [0, 0.05) is 16.2 Å². The second-order valence-corrected chi connectivity index (χ2v) is 10.4. The molecule has 0 radical (unpaired) electrons. The van der Waals surface area contributed by atoms with Crippen molar-refractivity contribution in [1.82, 2.24) is 0 Å². The molecule has 0 spiro atoms. The van der Waals surface area contributed by atoms with E-state index in [0.29, 0.717) is 0 Å². The second-order valence-electron chi connectivity index (χ2n) is 8.86.